The molecule has 0 fully saturated rings. The molecule has 0 spiro atoms. The number of halogens is 1. The van der Waals surface area contributed by atoms with Crippen molar-refractivity contribution in [2.45, 2.75) is 6.61 Å². The molecule has 0 saturated carbocycles. The van der Waals surface area contributed by atoms with Crippen LogP contribution in [0.15, 0.2) is 34.9 Å². The van der Waals surface area contributed by atoms with Gasteiger partial charge in [0.1, 0.15) is 18.1 Å². The predicted molar refractivity (Wildman–Crippen MR) is 81.9 cm³/mol. The summed E-state index contributed by atoms with van der Waals surface area (Å²) in [4.78, 5) is 22.2. The van der Waals surface area contributed by atoms with Crippen LogP contribution >= 0.6 is 15.9 Å². The summed E-state index contributed by atoms with van der Waals surface area (Å²) in [5.41, 5.74) is 0.643. The Morgan fingerprint density at radius 2 is 2.14 bits per heavy atom. The molecule has 0 radical (unpaired) electrons. The molecule has 0 aliphatic heterocycles. The topological polar surface area (TPSA) is 83.6 Å². The first-order valence-corrected chi connectivity index (χ1v) is 7.02. The Balaban J connectivity index is 2.13. The summed E-state index contributed by atoms with van der Waals surface area (Å²) in [5.74, 6) is -0.0495. The van der Waals surface area contributed by atoms with Gasteiger partial charge in [-0.3, -0.25) is 10.1 Å². The summed E-state index contributed by atoms with van der Waals surface area (Å²) in [6.45, 7) is 0.000421. The van der Waals surface area contributed by atoms with Crippen LogP contribution in [0.5, 0.6) is 5.75 Å². The molecule has 1 heterocycles. The lowest BCUT2D eigenvalue weighted by Gasteiger charge is -2.10. The molecule has 1 aromatic heterocycles. The molecule has 1 aromatic carbocycles. The van der Waals surface area contributed by atoms with Gasteiger partial charge in [-0.15, -0.1) is 0 Å². The van der Waals surface area contributed by atoms with Crippen molar-refractivity contribution in [1.82, 2.24) is 4.57 Å². The molecule has 0 aliphatic carbocycles. The van der Waals surface area contributed by atoms with Crippen molar-refractivity contribution in [2.24, 2.45) is 7.05 Å². The van der Waals surface area contributed by atoms with Gasteiger partial charge >= 0.3 is 5.97 Å². The maximum absolute atomic E-state index is 12.0. The smallest absolute Gasteiger partial charge is 0.355 e. The van der Waals surface area contributed by atoms with Gasteiger partial charge < -0.3 is 14.0 Å². The molecule has 22 heavy (non-hydrogen) atoms. The Bertz CT molecular complexity index is 726. The average Bonchev–Trinajstić information content (AvgIpc) is 2.87. The molecule has 0 saturated heterocycles. The molecule has 2 aromatic rings. The van der Waals surface area contributed by atoms with E-state index < -0.39 is 10.9 Å². The Morgan fingerprint density at radius 3 is 2.73 bits per heavy atom. The molecule has 8 heteroatoms. The van der Waals surface area contributed by atoms with Crippen molar-refractivity contribution in [3.63, 3.8) is 0 Å². The van der Waals surface area contributed by atoms with E-state index in [1.165, 1.54) is 23.9 Å². The van der Waals surface area contributed by atoms with Gasteiger partial charge in [-0.2, -0.15) is 0 Å². The fourth-order valence-corrected chi connectivity index (χ4v) is 2.34. The zero-order chi connectivity index (χ0) is 16.3. The molecule has 0 bridgehead atoms. The number of methoxy groups -OCH3 is 1. The van der Waals surface area contributed by atoms with Crippen LogP contribution in [0.3, 0.4) is 0 Å². The van der Waals surface area contributed by atoms with E-state index in [4.69, 9.17) is 9.47 Å². The molecule has 116 valence electrons. The highest BCUT2D eigenvalue weighted by atomic mass is 79.9. The van der Waals surface area contributed by atoms with Gasteiger partial charge in [0, 0.05) is 23.2 Å². The van der Waals surface area contributed by atoms with E-state index in [9.17, 15) is 14.9 Å². The summed E-state index contributed by atoms with van der Waals surface area (Å²) < 4.78 is 12.6. The number of hydrogen-bond acceptors (Lipinski definition) is 5. The van der Waals surface area contributed by atoms with E-state index in [0.29, 0.717) is 11.3 Å². The number of esters is 1. The summed E-state index contributed by atoms with van der Waals surface area (Å²) in [6.07, 6.45) is 1.26. The van der Waals surface area contributed by atoms with Crippen molar-refractivity contribution >= 4 is 27.6 Å². The lowest BCUT2D eigenvalue weighted by atomic mass is 10.2. The monoisotopic (exact) mass is 368 g/mol. The Labute approximate surface area is 134 Å². The Hall–Kier alpha value is -2.35. The maximum Gasteiger partial charge on any atom is 0.355 e. The lowest BCUT2D eigenvalue weighted by molar-refractivity contribution is -0.384. The van der Waals surface area contributed by atoms with Crippen molar-refractivity contribution in [1.29, 1.82) is 0 Å². The second-order valence-corrected chi connectivity index (χ2v) is 5.40. The zero-order valence-corrected chi connectivity index (χ0v) is 13.5. The van der Waals surface area contributed by atoms with Crippen LogP contribution in [0.2, 0.25) is 0 Å². The van der Waals surface area contributed by atoms with Gasteiger partial charge in [-0.25, -0.2) is 4.79 Å². The predicted octanol–water partition coefficient (Wildman–Crippen LogP) is 3.06. The van der Waals surface area contributed by atoms with Crippen LogP contribution in [-0.2, 0) is 18.4 Å². The molecule has 0 aliphatic rings. The highest BCUT2D eigenvalue weighted by molar-refractivity contribution is 9.10. The number of benzene rings is 1. The number of nitro groups is 1. The van der Waals surface area contributed by atoms with Crippen LogP contribution in [-0.4, -0.2) is 22.6 Å². The highest BCUT2D eigenvalue weighted by Gasteiger charge is 2.19. The number of hydrogen-bond donors (Lipinski definition) is 0. The minimum absolute atomic E-state index is 0.000421. The van der Waals surface area contributed by atoms with Crippen LogP contribution in [0.4, 0.5) is 5.69 Å². The van der Waals surface area contributed by atoms with Crippen LogP contribution in [0, 0.1) is 10.1 Å². The number of carbonyl (C=O) groups is 1. The van der Waals surface area contributed by atoms with E-state index in [-0.39, 0.29) is 18.0 Å². The summed E-state index contributed by atoms with van der Waals surface area (Å²) in [5, 5.41) is 10.7. The molecular formula is C14H13BrN2O5. The summed E-state index contributed by atoms with van der Waals surface area (Å²) in [7, 11) is 3.07. The number of nitrogens with zero attached hydrogens (tertiary/aromatic N) is 2. The van der Waals surface area contributed by atoms with E-state index in [2.05, 4.69) is 15.9 Å². The molecule has 0 atom stereocenters. The van der Waals surface area contributed by atoms with Crippen molar-refractivity contribution in [3.8, 4) is 5.75 Å². The number of carbonyl (C=O) groups excluding carboxylic acids is 1. The summed E-state index contributed by atoms with van der Waals surface area (Å²) >= 11 is 3.33. The number of aromatic nitrogens is 1. The Kier molecular flexibility index (Phi) is 4.81. The minimum atomic E-state index is -0.641. The van der Waals surface area contributed by atoms with Gasteiger partial charge in [-0.1, -0.05) is 15.9 Å². The second-order valence-electron chi connectivity index (χ2n) is 4.48. The average molecular weight is 369 g/mol. The molecule has 2 rings (SSSR count). The fraction of sp³-hybridized carbons (Fsp3) is 0.214. The minimum Gasteiger partial charge on any atom is -0.496 e. The van der Waals surface area contributed by atoms with Gasteiger partial charge in [0.2, 0.25) is 0 Å². The zero-order valence-electron chi connectivity index (χ0n) is 11.9. The lowest BCUT2D eigenvalue weighted by Crippen LogP contribution is -2.10. The molecule has 0 N–H and O–H groups in total. The largest absolute Gasteiger partial charge is 0.496 e. The first kappa shape index (κ1) is 16.0. The first-order chi connectivity index (χ1) is 10.4. The van der Waals surface area contributed by atoms with Gasteiger partial charge in [0.15, 0.2) is 0 Å². The second kappa shape index (κ2) is 6.61. The van der Waals surface area contributed by atoms with E-state index >= 15 is 0 Å². The van der Waals surface area contributed by atoms with Crippen LogP contribution < -0.4 is 4.74 Å². The van der Waals surface area contributed by atoms with E-state index in [1.54, 1.807) is 19.2 Å². The van der Waals surface area contributed by atoms with Crippen LogP contribution in [0.25, 0.3) is 0 Å². The number of ether oxygens (including phenoxy) is 2. The normalized spacial score (nSPS) is 10.3. The molecule has 7 nitrogen and oxygen atoms in total. The van der Waals surface area contributed by atoms with E-state index in [0.717, 1.165) is 4.47 Å². The highest BCUT2D eigenvalue weighted by Crippen LogP contribution is 2.24. The van der Waals surface area contributed by atoms with Gasteiger partial charge in [0.25, 0.3) is 5.69 Å². The van der Waals surface area contributed by atoms with Crippen molar-refractivity contribution in [2.75, 3.05) is 7.11 Å². The van der Waals surface area contributed by atoms with Gasteiger partial charge in [-0.05, 0) is 18.2 Å². The fourth-order valence-electron chi connectivity index (χ4n) is 1.93. The molecular weight excluding hydrogens is 356 g/mol. The molecule has 0 amide bonds. The SMILES string of the molecule is COc1ccc(Br)cc1COC(=O)c1cc([N+](=O)[O-])cn1C. The third-order valence-electron chi connectivity index (χ3n) is 3.01. The summed E-state index contributed by atoms with van der Waals surface area (Å²) in [6, 6.07) is 6.52. The van der Waals surface area contributed by atoms with Gasteiger partial charge in [0.05, 0.1) is 18.2 Å². The van der Waals surface area contributed by atoms with Crippen molar-refractivity contribution in [3.05, 3.63) is 56.3 Å². The Morgan fingerprint density at radius 1 is 1.41 bits per heavy atom. The number of aryl methyl sites for hydroxylation is 1. The molecule has 0 unspecified atom stereocenters. The maximum atomic E-state index is 12.0. The standard InChI is InChI=1S/C14H13BrN2O5/c1-16-7-11(17(19)20)6-12(16)14(18)22-8-9-5-10(15)3-4-13(9)21-2/h3-7H,8H2,1-2H3. The third-order valence-corrected chi connectivity index (χ3v) is 3.50. The van der Waals surface area contributed by atoms with Crippen LogP contribution in [0.1, 0.15) is 16.1 Å². The first-order valence-electron chi connectivity index (χ1n) is 6.22. The third kappa shape index (κ3) is 3.45. The number of rotatable bonds is 5. The quantitative estimate of drug-likeness (QED) is 0.460. The van der Waals surface area contributed by atoms with E-state index in [1.807, 2.05) is 6.07 Å². The van der Waals surface area contributed by atoms with Crippen molar-refractivity contribution < 1.29 is 19.2 Å².